The van der Waals surface area contributed by atoms with Gasteiger partial charge in [0.15, 0.2) is 0 Å². The number of aryl methyl sites for hydroxylation is 1. The minimum absolute atomic E-state index is 0.259. The number of benzene rings is 1. The van der Waals surface area contributed by atoms with E-state index in [1.54, 1.807) is 23.5 Å². The summed E-state index contributed by atoms with van der Waals surface area (Å²) in [5.74, 6) is 0.370. The zero-order valence-electron chi connectivity index (χ0n) is 14.5. The molecule has 0 aliphatic heterocycles. The minimum atomic E-state index is -0.269. The molecular weight excluding hydrogens is 339 g/mol. The fourth-order valence-corrected chi connectivity index (χ4v) is 3.16. The number of hydrogen-bond acceptors (Lipinski definition) is 5. The topological polar surface area (TPSA) is 43.2 Å². The van der Waals surface area contributed by atoms with Gasteiger partial charge in [-0.05, 0) is 38.2 Å². The molecule has 1 atom stereocenters. The normalized spacial score (nSPS) is 12.5. The Morgan fingerprint density at radius 2 is 2.08 bits per heavy atom. The largest absolute Gasteiger partial charge is 0.486 e. The van der Waals surface area contributed by atoms with Crippen LogP contribution in [0.1, 0.15) is 29.2 Å². The lowest BCUT2D eigenvalue weighted by Gasteiger charge is -2.22. The zero-order chi connectivity index (χ0) is 17.8. The number of ether oxygens (including phenoxy) is 1. The first-order chi connectivity index (χ1) is 12.0. The van der Waals surface area contributed by atoms with Crippen LogP contribution in [0.4, 0.5) is 4.39 Å². The molecule has 0 fully saturated rings. The van der Waals surface area contributed by atoms with Crippen molar-refractivity contribution in [2.75, 3.05) is 7.05 Å². The van der Waals surface area contributed by atoms with E-state index >= 15 is 0 Å². The lowest BCUT2D eigenvalue weighted by molar-refractivity contribution is 0.249. The summed E-state index contributed by atoms with van der Waals surface area (Å²) in [6, 6.07) is 6.27. The molecule has 2 aromatic heterocycles. The van der Waals surface area contributed by atoms with Crippen molar-refractivity contribution < 1.29 is 9.13 Å². The van der Waals surface area contributed by atoms with Gasteiger partial charge in [0.2, 0.25) is 0 Å². The molecular formula is C18H21FN4OS. The van der Waals surface area contributed by atoms with Crippen LogP contribution in [0.15, 0.2) is 42.0 Å². The molecule has 0 radical (unpaired) electrons. The van der Waals surface area contributed by atoms with E-state index in [0.29, 0.717) is 12.4 Å². The first kappa shape index (κ1) is 17.6. The number of hydrogen-bond donors (Lipinski definition) is 0. The Morgan fingerprint density at radius 1 is 1.32 bits per heavy atom. The molecule has 0 N–H and O–H groups in total. The van der Waals surface area contributed by atoms with Gasteiger partial charge in [0, 0.05) is 36.8 Å². The Bertz CT molecular complexity index is 815. The lowest BCUT2D eigenvalue weighted by Crippen LogP contribution is -2.21. The molecule has 1 aromatic carbocycles. The Kier molecular flexibility index (Phi) is 5.45. The SMILES string of the molecule is CC(c1cnn(C)c1)N(C)Cc1csc(COc2ccc(F)cc2)n1. The molecule has 1 unspecified atom stereocenters. The van der Waals surface area contributed by atoms with Crippen LogP contribution in [0.3, 0.4) is 0 Å². The van der Waals surface area contributed by atoms with E-state index in [0.717, 1.165) is 17.2 Å². The summed E-state index contributed by atoms with van der Waals surface area (Å²) in [4.78, 5) is 6.85. The van der Waals surface area contributed by atoms with Crippen LogP contribution in [0.5, 0.6) is 5.75 Å². The molecule has 0 aliphatic rings. The summed E-state index contributed by atoms with van der Waals surface area (Å²) in [5.41, 5.74) is 2.20. The molecule has 0 aliphatic carbocycles. The van der Waals surface area contributed by atoms with Gasteiger partial charge in [-0.3, -0.25) is 9.58 Å². The smallest absolute Gasteiger partial charge is 0.140 e. The highest BCUT2D eigenvalue weighted by Gasteiger charge is 2.15. The molecule has 2 heterocycles. The van der Waals surface area contributed by atoms with E-state index in [1.807, 2.05) is 24.1 Å². The standard InChI is InChI=1S/C18H21FN4OS/c1-13(14-8-20-23(3)9-14)22(2)10-16-12-25-18(21-16)11-24-17-6-4-15(19)5-7-17/h4-9,12-13H,10-11H2,1-3H3. The number of halogens is 1. The Morgan fingerprint density at radius 3 is 2.76 bits per heavy atom. The van der Waals surface area contributed by atoms with Crippen LogP contribution >= 0.6 is 11.3 Å². The Labute approximate surface area is 150 Å². The second-order valence-corrected chi connectivity index (χ2v) is 6.96. The van der Waals surface area contributed by atoms with Gasteiger partial charge in [-0.25, -0.2) is 9.37 Å². The van der Waals surface area contributed by atoms with Crippen LogP contribution in [-0.2, 0) is 20.2 Å². The lowest BCUT2D eigenvalue weighted by atomic mass is 10.1. The van der Waals surface area contributed by atoms with E-state index in [2.05, 4.69) is 34.3 Å². The third kappa shape index (κ3) is 4.64. The van der Waals surface area contributed by atoms with Crippen molar-refractivity contribution in [1.82, 2.24) is 19.7 Å². The van der Waals surface area contributed by atoms with Gasteiger partial charge in [0.25, 0.3) is 0 Å². The summed E-state index contributed by atoms with van der Waals surface area (Å²) < 4.78 is 20.3. The summed E-state index contributed by atoms with van der Waals surface area (Å²) in [6.45, 7) is 3.29. The molecule has 0 amide bonds. The minimum Gasteiger partial charge on any atom is -0.486 e. The number of rotatable bonds is 7. The van der Waals surface area contributed by atoms with Crippen molar-refractivity contribution in [1.29, 1.82) is 0 Å². The zero-order valence-corrected chi connectivity index (χ0v) is 15.3. The van der Waals surface area contributed by atoms with E-state index in [9.17, 15) is 4.39 Å². The highest BCUT2D eigenvalue weighted by atomic mass is 32.1. The van der Waals surface area contributed by atoms with E-state index in [4.69, 9.17) is 4.74 Å². The molecule has 132 valence electrons. The van der Waals surface area contributed by atoms with Crippen LogP contribution in [0, 0.1) is 5.82 Å². The van der Waals surface area contributed by atoms with E-state index in [-0.39, 0.29) is 11.9 Å². The van der Waals surface area contributed by atoms with Crippen LogP contribution in [-0.4, -0.2) is 26.7 Å². The maximum atomic E-state index is 12.9. The van der Waals surface area contributed by atoms with Crippen molar-refractivity contribution in [3.05, 3.63) is 64.1 Å². The second kappa shape index (κ2) is 7.76. The van der Waals surface area contributed by atoms with Gasteiger partial charge in [-0.1, -0.05) is 0 Å². The third-order valence-corrected chi connectivity index (χ3v) is 4.93. The summed E-state index contributed by atoms with van der Waals surface area (Å²) in [7, 11) is 4.00. The van der Waals surface area contributed by atoms with Crippen molar-refractivity contribution in [3.63, 3.8) is 0 Å². The molecule has 0 spiro atoms. The second-order valence-electron chi connectivity index (χ2n) is 6.01. The van der Waals surface area contributed by atoms with Crippen molar-refractivity contribution in [2.45, 2.75) is 26.1 Å². The van der Waals surface area contributed by atoms with Gasteiger partial charge >= 0.3 is 0 Å². The molecule has 25 heavy (non-hydrogen) atoms. The van der Waals surface area contributed by atoms with Crippen LogP contribution in [0.2, 0.25) is 0 Å². The fourth-order valence-electron chi connectivity index (χ4n) is 2.47. The maximum absolute atomic E-state index is 12.9. The van der Waals surface area contributed by atoms with Gasteiger partial charge in [-0.15, -0.1) is 11.3 Å². The van der Waals surface area contributed by atoms with Gasteiger partial charge in [0.05, 0.1) is 11.9 Å². The van der Waals surface area contributed by atoms with E-state index in [1.165, 1.54) is 17.7 Å². The number of aromatic nitrogens is 3. The highest BCUT2D eigenvalue weighted by molar-refractivity contribution is 7.09. The Hall–Kier alpha value is -2.25. The van der Waals surface area contributed by atoms with Crippen molar-refractivity contribution >= 4 is 11.3 Å². The molecule has 0 bridgehead atoms. The first-order valence-electron chi connectivity index (χ1n) is 8.01. The quantitative estimate of drug-likeness (QED) is 0.643. The fraction of sp³-hybridized carbons (Fsp3) is 0.333. The Balaban J connectivity index is 1.54. The molecule has 3 rings (SSSR count). The average Bonchev–Trinajstić information content (AvgIpc) is 3.22. The third-order valence-electron chi connectivity index (χ3n) is 4.06. The van der Waals surface area contributed by atoms with Crippen LogP contribution in [0.25, 0.3) is 0 Å². The first-order valence-corrected chi connectivity index (χ1v) is 8.89. The van der Waals surface area contributed by atoms with Crippen molar-refractivity contribution in [2.24, 2.45) is 7.05 Å². The van der Waals surface area contributed by atoms with Crippen molar-refractivity contribution in [3.8, 4) is 5.75 Å². The molecule has 0 saturated carbocycles. The van der Waals surface area contributed by atoms with Crippen LogP contribution < -0.4 is 4.74 Å². The summed E-state index contributed by atoms with van der Waals surface area (Å²) in [5, 5.41) is 7.18. The number of nitrogens with zero attached hydrogens (tertiary/aromatic N) is 4. The highest BCUT2D eigenvalue weighted by Crippen LogP contribution is 2.21. The van der Waals surface area contributed by atoms with Gasteiger partial charge in [-0.2, -0.15) is 5.10 Å². The predicted molar refractivity (Wildman–Crippen MR) is 95.9 cm³/mol. The molecule has 7 heteroatoms. The summed E-state index contributed by atoms with van der Waals surface area (Å²) in [6.07, 6.45) is 3.92. The average molecular weight is 360 g/mol. The molecule has 0 saturated heterocycles. The molecule has 3 aromatic rings. The maximum Gasteiger partial charge on any atom is 0.140 e. The molecule has 5 nitrogen and oxygen atoms in total. The number of thiazole rings is 1. The predicted octanol–water partition coefficient (Wildman–Crippen LogP) is 3.79. The summed E-state index contributed by atoms with van der Waals surface area (Å²) >= 11 is 1.57. The van der Waals surface area contributed by atoms with E-state index < -0.39 is 0 Å². The van der Waals surface area contributed by atoms with Gasteiger partial charge < -0.3 is 4.74 Å². The van der Waals surface area contributed by atoms with Gasteiger partial charge in [0.1, 0.15) is 23.2 Å². The monoisotopic (exact) mass is 360 g/mol.